The third-order valence-electron chi connectivity index (χ3n) is 4.06. The van der Waals surface area contributed by atoms with Crippen LogP contribution in [0.2, 0.25) is 0 Å². The summed E-state index contributed by atoms with van der Waals surface area (Å²) in [6, 6.07) is 10.1. The van der Waals surface area contributed by atoms with Crippen molar-refractivity contribution in [2.45, 2.75) is 19.6 Å². The molecule has 3 aromatic rings. The second kappa shape index (κ2) is 7.66. The molecule has 0 saturated carbocycles. The highest BCUT2D eigenvalue weighted by molar-refractivity contribution is 7.16. The van der Waals surface area contributed by atoms with E-state index in [1.54, 1.807) is 7.11 Å². The highest BCUT2D eigenvalue weighted by Gasteiger charge is 2.30. The largest absolute Gasteiger partial charge is 0.416 e. The van der Waals surface area contributed by atoms with E-state index in [0.717, 1.165) is 27.9 Å². The molecule has 4 nitrogen and oxygen atoms in total. The Labute approximate surface area is 157 Å². The number of fused-ring (bicyclic) bond motifs is 1. The van der Waals surface area contributed by atoms with Gasteiger partial charge in [-0.05, 0) is 36.8 Å². The molecule has 142 valence electrons. The zero-order valence-corrected chi connectivity index (χ0v) is 15.5. The number of methoxy groups -OCH3 is 1. The molecular weight excluding hydrogens is 377 g/mol. The lowest BCUT2D eigenvalue weighted by Gasteiger charge is -2.07. The molecule has 1 amide bonds. The zero-order chi connectivity index (χ0) is 19.6. The second-order valence-electron chi connectivity index (χ2n) is 5.95. The van der Waals surface area contributed by atoms with E-state index in [4.69, 9.17) is 4.74 Å². The molecule has 8 heteroatoms. The predicted molar refractivity (Wildman–Crippen MR) is 97.8 cm³/mol. The van der Waals surface area contributed by atoms with Crippen LogP contribution in [0, 0.1) is 6.92 Å². The van der Waals surface area contributed by atoms with E-state index >= 15 is 0 Å². The number of halogens is 3. The minimum atomic E-state index is -4.51. The number of hydrogen-bond acceptors (Lipinski definition) is 3. The zero-order valence-electron chi connectivity index (χ0n) is 14.7. The number of amides is 1. The highest BCUT2D eigenvalue weighted by Crippen LogP contribution is 2.29. The normalized spacial score (nSPS) is 12.7. The van der Waals surface area contributed by atoms with Crippen molar-refractivity contribution in [1.82, 2.24) is 4.57 Å². The second-order valence-corrected chi connectivity index (χ2v) is 6.96. The third kappa shape index (κ3) is 4.12. The Bertz CT molecular complexity index is 1050. The molecule has 0 bridgehead atoms. The smallest absolute Gasteiger partial charge is 0.383 e. The molecule has 0 aliphatic rings. The van der Waals surface area contributed by atoms with Gasteiger partial charge in [0.1, 0.15) is 0 Å². The van der Waals surface area contributed by atoms with Gasteiger partial charge in [0.25, 0.3) is 5.91 Å². The maximum atomic E-state index is 12.9. The minimum Gasteiger partial charge on any atom is -0.383 e. The first kappa shape index (κ1) is 19.3. The Balaban J connectivity index is 2.10. The van der Waals surface area contributed by atoms with Crippen LogP contribution in [0.5, 0.6) is 0 Å². The number of hydrogen-bond donors (Lipinski definition) is 0. The quantitative estimate of drug-likeness (QED) is 0.658. The predicted octanol–water partition coefficient (Wildman–Crippen LogP) is 4.42. The third-order valence-corrected chi connectivity index (χ3v) is 5.10. The van der Waals surface area contributed by atoms with Crippen LogP contribution in [-0.4, -0.2) is 24.2 Å². The van der Waals surface area contributed by atoms with E-state index in [1.807, 2.05) is 29.7 Å². The summed E-state index contributed by atoms with van der Waals surface area (Å²) in [5, 5.41) is 0. The van der Waals surface area contributed by atoms with E-state index < -0.39 is 17.6 Å². The summed E-state index contributed by atoms with van der Waals surface area (Å²) < 4.78 is 46.6. The minimum absolute atomic E-state index is 0.0997. The average Bonchev–Trinajstić information content (AvgIpc) is 2.97. The van der Waals surface area contributed by atoms with Crippen molar-refractivity contribution in [2.75, 3.05) is 13.7 Å². The number of para-hydroxylation sites is 1. The molecule has 0 N–H and O–H groups in total. The maximum absolute atomic E-state index is 12.9. The van der Waals surface area contributed by atoms with E-state index in [-0.39, 0.29) is 5.56 Å². The number of thiazole rings is 1. The summed E-state index contributed by atoms with van der Waals surface area (Å²) in [4.78, 5) is 17.0. The Hall–Kier alpha value is -2.45. The molecule has 2 aromatic carbocycles. The van der Waals surface area contributed by atoms with Crippen molar-refractivity contribution >= 4 is 27.5 Å². The summed E-state index contributed by atoms with van der Waals surface area (Å²) in [5.41, 5.74) is 0.989. The molecular formula is C19H17F3N2O2S. The number of benzene rings is 2. The average molecular weight is 394 g/mol. The topological polar surface area (TPSA) is 43.6 Å². The van der Waals surface area contributed by atoms with Gasteiger partial charge in [0.05, 0.1) is 22.4 Å². The first-order valence-electron chi connectivity index (χ1n) is 8.15. The maximum Gasteiger partial charge on any atom is 0.416 e. The molecule has 0 spiro atoms. The summed E-state index contributed by atoms with van der Waals surface area (Å²) in [6.45, 7) is 2.86. The summed E-state index contributed by atoms with van der Waals surface area (Å²) in [7, 11) is 1.58. The van der Waals surface area contributed by atoms with Gasteiger partial charge in [0.15, 0.2) is 4.80 Å². The fraction of sp³-hybridized carbons (Fsp3) is 0.263. The molecule has 0 unspecified atom stereocenters. The summed E-state index contributed by atoms with van der Waals surface area (Å²) in [5.74, 6) is -0.712. The standard InChI is InChI=1S/C19H17F3N2O2S/c1-12-5-3-8-15-16(12)24(9-10-26-2)18(27-15)23-17(25)13-6-4-7-14(11-13)19(20,21)22/h3-8,11H,9-10H2,1-2H3. The molecule has 1 heterocycles. The molecule has 0 saturated heterocycles. The molecule has 3 rings (SSSR count). The Morgan fingerprint density at radius 3 is 2.67 bits per heavy atom. The summed E-state index contributed by atoms with van der Waals surface area (Å²) >= 11 is 1.32. The van der Waals surface area contributed by atoms with Gasteiger partial charge in [0, 0.05) is 19.2 Å². The fourth-order valence-corrected chi connectivity index (χ4v) is 3.90. The number of carbonyl (C=O) groups is 1. The van der Waals surface area contributed by atoms with Crippen molar-refractivity contribution < 1.29 is 22.7 Å². The molecule has 0 radical (unpaired) electrons. The van der Waals surface area contributed by atoms with Crippen LogP contribution >= 0.6 is 11.3 Å². The van der Waals surface area contributed by atoms with Gasteiger partial charge in [-0.25, -0.2) is 0 Å². The van der Waals surface area contributed by atoms with Crippen LogP contribution in [0.4, 0.5) is 13.2 Å². The van der Waals surface area contributed by atoms with Gasteiger partial charge in [-0.1, -0.05) is 29.5 Å². The van der Waals surface area contributed by atoms with E-state index in [1.165, 1.54) is 23.5 Å². The number of alkyl halides is 3. The van der Waals surface area contributed by atoms with Crippen molar-refractivity contribution in [3.05, 3.63) is 64.0 Å². The van der Waals surface area contributed by atoms with Crippen molar-refractivity contribution in [2.24, 2.45) is 4.99 Å². The van der Waals surface area contributed by atoms with Crippen molar-refractivity contribution in [3.8, 4) is 0 Å². The Morgan fingerprint density at radius 1 is 1.22 bits per heavy atom. The van der Waals surface area contributed by atoms with Crippen LogP contribution in [-0.2, 0) is 17.5 Å². The Kier molecular flexibility index (Phi) is 5.48. The number of nitrogens with zero attached hydrogens (tertiary/aromatic N) is 2. The number of rotatable bonds is 4. The Morgan fingerprint density at radius 2 is 1.96 bits per heavy atom. The van der Waals surface area contributed by atoms with Crippen LogP contribution in [0.15, 0.2) is 47.5 Å². The van der Waals surface area contributed by atoms with Crippen molar-refractivity contribution in [3.63, 3.8) is 0 Å². The van der Waals surface area contributed by atoms with Gasteiger partial charge >= 0.3 is 6.18 Å². The molecule has 0 atom stereocenters. The lowest BCUT2D eigenvalue weighted by atomic mass is 10.1. The molecule has 1 aromatic heterocycles. The molecule has 0 aliphatic heterocycles. The number of ether oxygens (including phenoxy) is 1. The van der Waals surface area contributed by atoms with Crippen LogP contribution in [0.25, 0.3) is 10.2 Å². The lowest BCUT2D eigenvalue weighted by molar-refractivity contribution is -0.137. The first-order chi connectivity index (χ1) is 12.8. The van der Waals surface area contributed by atoms with Gasteiger partial charge in [-0.2, -0.15) is 18.2 Å². The van der Waals surface area contributed by atoms with Crippen LogP contribution in [0.3, 0.4) is 0 Å². The first-order valence-corrected chi connectivity index (χ1v) is 8.97. The van der Waals surface area contributed by atoms with Gasteiger partial charge in [-0.3, -0.25) is 4.79 Å². The SMILES string of the molecule is COCCn1c(=NC(=O)c2cccc(C(F)(F)F)c2)sc2cccc(C)c21. The summed E-state index contributed by atoms with van der Waals surface area (Å²) in [6.07, 6.45) is -4.51. The number of carbonyl (C=O) groups excluding carboxylic acids is 1. The molecule has 0 aliphatic carbocycles. The highest BCUT2D eigenvalue weighted by atomic mass is 32.1. The number of aromatic nitrogens is 1. The fourth-order valence-electron chi connectivity index (χ4n) is 2.76. The molecule has 27 heavy (non-hydrogen) atoms. The molecule has 0 fully saturated rings. The van der Waals surface area contributed by atoms with Gasteiger partial charge < -0.3 is 9.30 Å². The van der Waals surface area contributed by atoms with Crippen LogP contribution in [0.1, 0.15) is 21.5 Å². The van der Waals surface area contributed by atoms with E-state index in [9.17, 15) is 18.0 Å². The van der Waals surface area contributed by atoms with E-state index in [0.29, 0.717) is 18.0 Å². The van der Waals surface area contributed by atoms with E-state index in [2.05, 4.69) is 4.99 Å². The number of aryl methyl sites for hydroxylation is 1. The monoisotopic (exact) mass is 394 g/mol. The van der Waals surface area contributed by atoms with Gasteiger partial charge in [0.2, 0.25) is 0 Å². The lowest BCUT2D eigenvalue weighted by Crippen LogP contribution is -2.20. The van der Waals surface area contributed by atoms with Crippen LogP contribution < -0.4 is 4.80 Å². The van der Waals surface area contributed by atoms with Crippen molar-refractivity contribution in [1.29, 1.82) is 0 Å². The van der Waals surface area contributed by atoms with Gasteiger partial charge in [-0.15, -0.1) is 0 Å².